The van der Waals surface area contributed by atoms with E-state index in [9.17, 15) is 9.59 Å². The fourth-order valence-electron chi connectivity index (χ4n) is 3.42. The quantitative estimate of drug-likeness (QED) is 0.457. The van der Waals surface area contributed by atoms with Crippen LogP contribution in [0.15, 0.2) is 59.5 Å². The van der Waals surface area contributed by atoms with Crippen LogP contribution in [-0.4, -0.2) is 71.9 Å². The summed E-state index contributed by atoms with van der Waals surface area (Å²) in [6, 6.07) is 17.0. The van der Waals surface area contributed by atoms with Crippen molar-refractivity contribution in [3.05, 3.63) is 65.1 Å². The van der Waals surface area contributed by atoms with E-state index in [0.717, 1.165) is 44.2 Å². The Morgan fingerprint density at radius 2 is 1.79 bits per heavy atom. The first-order valence-corrected chi connectivity index (χ1v) is 12.0. The lowest BCUT2D eigenvalue weighted by molar-refractivity contribution is -0.128. The van der Waals surface area contributed by atoms with E-state index in [2.05, 4.69) is 10.2 Å². The topological polar surface area (TPSA) is 71.1 Å². The van der Waals surface area contributed by atoms with Crippen LogP contribution in [0.3, 0.4) is 0 Å². The molecule has 2 fully saturated rings. The average Bonchev–Trinajstić information content (AvgIpc) is 3.09. The molecule has 0 spiro atoms. The summed E-state index contributed by atoms with van der Waals surface area (Å²) in [5, 5.41) is 2.87. The van der Waals surface area contributed by atoms with Gasteiger partial charge in [0.15, 0.2) is 0 Å². The van der Waals surface area contributed by atoms with Crippen molar-refractivity contribution in [3.8, 4) is 11.5 Å². The Labute approximate surface area is 202 Å². The maximum absolute atomic E-state index is 12.8. The first-order chi connectivity index (χ1) is 16.1. The van der Waals surface area contributed by atoms with Gasteiger partial charge in [-0.1, -0.05) is 54.3 Å². The van der Waals surface area contributed by atoms with Crippen molar-refractivity contribution < 1.29 is 19.1 Å². The van der Waals surface area contributed by atoms with Crippen molar-refractivity contribution in [1.82, 2.24) is 15.1 Å². The molecule has 0 radical (unpaired) electrons. The van der Waals surface area contributed by atoms with E-state index in [4.69, 9.17) is 21.7 Å². The molecule has 172 valence electrons. The van der Waals surface area contributed by atoms with Gasteiger partial charge in [0, 0.05) is 26.2 Å². The SMILES string of the molecule is O=C(CN1C(=O)/C(=C/c2ccc(Oc3ccccc3)cc2)SC1=S)NCCN1CCOCC1. The number of amides is 2. The number of nitrogens with one attached hydrogen (secondary N) is 1. The number of benzene rings is 2. The van der Waals surface area contributed by atoms with Gasteiger partial charge in [0.25, 0.3) is 5.91 Å². The summed E-state index contributed by atoms with van der Waals surface area (Å²) in [7, 11) is 0. The summed E-state index contributed by atoms with van der Waals surface area (Å²) in [6.07, 6.45) is 1.78. The number of carbonyl (C=O) groups excluding carboxylic acids is 2. The van der Waals surface area contributed by atoms with E-state index in [-0.39, 0.29) is 18.4 Å². The van der Waals surface area contributed by atoms with Crippen molar-refractivity contribution in [2.75, 3.05) is 45.9 Å². The summed E-state index contributed by atoms with van der Waals surface area (Å²) in [5.41, 5.74) is 0.853. The molecule has 2 aliphatic rings. The van der Waals surface area contributed by atoms with Gasteiger partial charge in [-0.2, -0.15) is 0 Å². The molecule has 2 aliphatic heterocycles. The molecule has 1 N–H and O–H groups in total. The van der Waals surface area contributed by atoms with Crippen molar-refractivity contribution in [1.29, 1.82) is 0 Å². The van der Waals surface area contributed by atoms with Crippen LogP contribution in [0.5, 0.6) is 11.5 Å². The number of hydrogen-bond acceptors (Lipinski definition) is 7. The number of ether oxygens (including phenoxy) is 2. The van der Waals surface area contributed by atoms with Crippen LogP contribution in [0.1, 0.15) is 5.56 Å². The van der Waals surface area contributed by atoms with Gasteiger partial charge in [-0.25, -0.2) is 0 Å². The lowest BCUT2D eigenvalue weighted by Gasteiger charge is -2.26. The Hall–Kier alpha value is -2.72. The normalized spacial score (nSPS) is 18.1. The zero-order valence-electron chi connectivity index (χ0n) is 18.1. The Kier molecular flexibility index (Phi) is 8.11. The lowest BCUT2D eigenvalue weighted by Crippen LogP contribution is -2.44. The third-order valence-electron chi connectivity index (χ3n) is 5.19. The van der Waals surface area contributed by atoms with Gasteiger partial charge >= 0.3 is 0 Å². The molecular weight excluding hydrogens is 458 g/mol. The van der Waals surface area contributed by atoms with E-state index >= 15 is 0 Å². The van der Waals surface area contributed by atoms with E-state index in [0.29, 0.717) is 21.5 Å². The monoisotopic (exact) mass is 483 g/mol. The molecule has 2 heterocycles. The molecule has 33 heavy (non-hydrogen) atoms. The van der Waals surface area contributed by atoms with E-state index in [1.54, 1.807) is 6.08 Å². The zero-order chi connectivity index (χ0) is 23.0. The summed E-state index contributed by atoms with van der Waals surface area (Å²) >= 11 is 6.55. The third kappa shape index (κ3) is 6.64. The number of para-hydroxylation sites is 1. The zero-order valence-corrected chi connectivity index (χ0v) is 19.7. The molecule has 0 unspecified atom stereocenters. The number of hydrogen-bond donors (Lipinski definition) is 1. The molecule has 2 aromatic carbocycles. The molecule has 0 aliphatic carbocycles. The second-order valence-electron chi connectivity index (χ2n) is 7.56. The van der Waals surface area contributed by atoms with Gasteiger partial charge in [-0.05, 0) is 35.9 Å². The largest absolute Gasteiger partial charge is 0.457 e. The predicted molar refractivity (Wildman–Crippen MR) is 133 cm³/mol. The maximum atomic E-state index is 12.8. The second kappa shape index (κ2) is 11.4. The number of rotatable bonds is 8. The Bertz CT molecular complexity index is 1020. The molecule has 0 aromatic heterocycles. The highest BCUT2D eigenvalue weighted by Crippen LogP contribution is 2.32. The van der Waals surface area contributed by atoms with Crippen molar-refractivity contribution in [2.24, 2.45) is 0 Å². The molecular formula is C24H25N3O4S2. The van der Waals surface area contributed by atoms with Crippen molar-refractivity contribution >= 4 is 46.2 Å². The van der Waals surface area contributed by atoms with Crippen LogP contribution in [0, 0.1) is 0 Å². The summed E-state index contributed by atoms with van der Waals surface area (Å²) in [4.78, 5) is 29.2. The lowest BCUT2D eigenvalue weighted by atomic mass is 10.2. The van der Waals surface area contributed by atoms with Crippen LogP contribution < -0.4 is 10.1 Å². The molecule has 0 bridgehead atoms. The third-order valence-corrected chi connectivity index (χ3v) is 6.56. The van der Waals surface area contributed by atoms with Crippen molar-refractivity contribution in [3.63, 3.8) is 0 Å². The molecule has 9 heteroatoms. The highest BCUT2D eigenvalue weighted by molar-refractivity contribution is 8.26. The Morgan fingerprint density at radius 3 is 2.52 bits per heavy atom. The maximum Gasteiger partial charge on any atom is 0.266 e. The molecule has 0 atom stereocenters. The van der Waals surface area contributed by atoms with Gasteiger partial charge in [-0.3, -0.25) is 19.4 Å². The Balaban J connectivity index is 1.29. The van der Waals surface area contributed by atoms with E-state index < -0.39 is 0 Å². The smallest absolute Gasteiger partial charge is 0.266 e. The number of thioether (sulfide) groups is 1. The summed E-state index contributed by atoms with van der Waals surface area (Å²) < 4.78 is 11.5. The van der Waals surface area contributed by atoms with Crippen LogP contribution in [0.2, 0.25) is 0 Å². The molecule has 4 rings (SSSR count). The fourth-order valence-corrected chi connectivity index (χ4v) is 4.68. The van der Waals surface area contributed by atoms with Crippen LogP contribution in [0.4, 0.5) is 0 Å². The van der Waals surface area contributed by atoms with Gasteiger partial charge < -0.3 is 14.8 Å². The van der Waals surface area contributed by atoms with Gasteiger partial charge in [-0.15, -0.1) is 0 Å². The summed E-state index contributed by atoms with van der Waals surface area (Å²) in [6.45, 7) is 4.40. The molecule has 7 nitrogen and oxygen atoms in total. The van der Waals surface area contributed by atoms with Crippen molar-refractivity contribution in [2.45, 2.75) is 0 Å². The minimum absolute atomic E-state index is 0.0744. The molecule has 2 aromatic rings. The predicted octanol–water partition coefficient (Wildman–Crippen LogP) is 3.13. The molecule has 0 saturated carbocycles. The van der Waals surface area contributed by atoms with Crippen LogP contribution in [-0.2, 0) is 14.3 Å². The van der Waals surface area contributed by atoms with Gasteiger partial charge in [0.2, 0.25) is 5.91 Å². The molecule has 2 saturated heterocycles. The highest BCUT2D eigenvalue weighted by Gasteiger charge is 2.33. The van der Waals surface area contributed by atoms with Crippen LogP contribution >= 0.6 is 24.0 Å². The van der Waals surface area contributed by atoms with Crippen LogP contribution in [0.25, 0.3) is 6.08 Å². The van der Waals surface area contributed by atoms with Gasteiger partial charge in [0.1, 0.15) is 22.4 Å². The summed E-state index contributed by atoms with van der Waals surface area (Å²) in [5.74, 6) is 0.996. The number of nitrogens with zero attached hydrogens (tertiary/aromatic N) is 2. The first kappa shape index (κ1) is 23.4. The minimum atomic E-state index is -0.252. The minimum Gasteiger partial charge on any atom is -0.457 e. The van der Waals surface area contributed by atoms with E-state index in [1.807, 2.05) is 54.6 Å². The highest BCUT2D eigenvalue weighted by atomic mass is 32.2. The average molecular weight is 484 g/mol. The Morgan fingerprint density at radius 1 is 1.09 bits per heavy atom. The van der Waals surface area contributed by atoms with Gasteiger partial charge in [0.05, 0.1) is 18.1 Å². The number of thiocarbonyl (C=S) groups is 1. The second-order valence-corrected chi connectivity index (χ2v) is 9.23. The molecule has 2 amide bonds. The van der Waals surface area contributed by atoms with E-state index in [1.165, 1.54) is 16.7 Å². The number of morpholine rings is 1. The standard InChI is InChI=1S/C24H25N3O4S2/c28-22(25-10-11-26-12-14-30-15-13-26)17-27-23(29)21(33-24(27)32)16-18-6-8-20(9-7-18)31-19-4-2-1-3-5-19/h1-9,16H,10-15,17H2,(H,25,28)/b21-16-. The fraction of sp³-hybridized carbons (Fsp3) is 0.292. The first-order valence-electron chi connectivity index (χ1n) is 10.7. The number of carbonyl (C=O) groups is 2.